The van der Waals surface area contributed by atoms with Gasteiger partial charge in [-0.25, -0.2) is 4.39 Å². The fraction of sp³-hybridized carbons (Fsp3) is 0.345. The number of halogens is 1. The number of carbonyl (C=O) groups excluding carboxylic acids is 1. The smallest absolute Gasteiger partial charge is 0.257 e. The fourth-order valence-corrected chi connectivity index (χ4v) is 5.37. The van der Waals surface area contributed by atoms with Crippen molar-refractivity contribution in [3.05, 3.63) is 95.5 Å². The highest BCUT2D eigenvalue weighted by atomic mass is 19.1. The average Bonchev–Trinajstić information content (AvgIpc) is 3.34. The lowest BCUT2D eigenvalue weighted by Crippen LogP contribution is -2.47. The number of hydrogen-bond donors (Lipinski definition) is 0. The zero-order valence-corrected chi connectivity index (χ0v) is 20.7. The lowest BCUT2D eigenvalue weighted by molar-refractivity contribution is 0.0582. The number of piperidine rings is 1. The van der Waals surface area contributed by atoms with Gasteiger partial charge in [-0.15, -0.1) is 0 Å². The van der Waals surface area contributed by atoms with Gasteiger partial charge in [0.05, 0.1) is 22.9 Å². The van der Waals surface area contributed by atoms with E-state index in [9.17, 15) is 9.18 Å². The number of benzene rings is 2. The minimum Gasteiger partial charge on any atom is -0.469 e. The first-order valence-electron chi connectivity index (χ1n) is 12.5. The minimum absolute atomic E-state index is 0.0839. The van der Waals surface area contributed by atoms with E-state index in [1.165, 1.54) is 11.6 Å². The van der Waals surface area contributed by atoms with E-state index < -0.39 is 0 Å². The van der Waals surface area contributed by atoms with Crippen LogP contribution in [0.25, 0.3) is 11.0 Å². The third-order valence-corrected chi connectivity index (χ3v) is 7.45. The summed E-state index contributed by atoms with van der Waals surface area (Å²) in [6.07, 6.45) is 7.33. The second kappa shape index (κ2) is 10.6. The van der Waals surface area contributed by atoms with Gasteiger partial charge in [-0.1, -0.05) is 30.3 Å². The Morgan fingerprint density at radius 2 is 1.83 bits per heavy atom. The topological polar surface area (TPSA) is 62.5 Å². The van der Waals surface area contributed by atoms with Gasteiger partial charge in [0.2, 0.25) is 0 Å². The number of aryl methyl sites for hydroxylation is 1. The molecule has 0 unspecified atom stereocenters. The van der Waals surface area contributed by atoms with Crippen LogP contribution in [0.15, 0.2) is 71.6 Å². The Morgan fingerprint density at radius 3 is 2.58 bits per heavy atom. The Kier molecular flexibility index (Phi) is 7.09. The molecule has 0 aliphatic carbocycles. The van der Waals surface area contributed by atoms with Gasteiger partial charge in [0.1, 0.15) is 11.6 Å². The maximum atomic E-state index is 14.6. The van der Waals surface area contributed by atoms with E-state index in [0.717, 1.165) is 43.5 Å². The normalized spacial score (nSPS) is 15.8. The molecule has 6 nitrogen and oxygen atoms in total. The molecule has 2 aromatic carbocycles. The van der Waals surface area contributed by atoms with Crippen LogP contribution in [0.3, 0.4) is 0 Å². The maximum Gasteiger partial charge on any atom is 0.257 e. The van der Waals surface area contributed by atoms with Crippen molar-refractivity contribution in [1.82, 2.24) is 19.8 Å². The lowest BCUT2D eigenvalue weighted by atomic mass is 9.84. The largest absolute Gasteiger partial charge is 0.469 e. The van der Waals surface area contributed by atoms with Crippen molar-refractivity contribution in [2.45, 2.75) is 38.8 Å². The summed E-state index contributed by atoms with van der Waals surface area (Å²) >= 11 is 0. The maximum absolute atomic E-state index is 14.6. The van der Waals surface area contributed by atoms with Crippen molar-refractivity contribution in [3.63, 3.8) is 0 Å². The number of likely N-dealkylation sites (N-methyl/N-ethyl adjacent to an activating group) is 1. The molecule has 1 aliphatic heterocycles. The standard InChI is InChI=1S/C29H31FN4O2/c1-20-24(12-17-36-20)29(35)33(2)27(18-22-6-3-4-8-25(22)30)21-10-15-34(16-11-21)19-23-7-5-9-26-28(23)32-14-13-31-26/h3-9,12-14,17,21,27H,10-11,15-16,18-19H2,1-2H3/t27-/m1/s1. The molecule has 2 aromatic heterocycles. The Balaban J connectivity index is 1.32. The zero-order chi connectivity index (χ0) is 25.1. The van der Waals surface area contributed by atoms with Crippen LogP contribution < -0.4 is 0 Å². The van der Waals surface area contributed by atoms with Crippen LogP contribution in [-0.2, 0) is 13.0 Å². The van der Waals surface area contributed by atoms with Gasteiger partial charge in [0.15, 0.2) is 0 Å². The molecule has 36 heavy (non-hydrogen) atoms. The molecule has 0 radical (unpaired) electrons. The van der Waals surface area contributed by atoms with Crippen molar-refractivity contribution in [1.29, 1.82) is 0 Å². The summed E-state index contributed by atoms with van der Waals surface area (Å²) in [6.45, 7) is 4.41. The molecule has 0 saturated carbocycles. The van der Waals surface area contributed by atoms with Gasteiger partial charge >= 0.3 is 0 Å². The van der Waals surface area contributed by atoms with Crippen LogP contribution >= 0.6 is 0 Å². The predicted molar refractivity (Wildman–Crippen MR) is 137 cm³/mol. The van der Waals surface area contributed by atoms with E-state index in [1.807, 2.05) is 31.3 Å². The molecular weight excluding hydrogens is 455 g/mol. The zero-order valence-electron chi connectivity index (χ0n) is 20.7. The highest BCUT2D eigenvalue weighted by Gasteiger charge is 2.33. The van der Waals surface area contributed by atoms with Crippen LogP contribution in [0.1, 0.15) is 40.1 Å². The van der Waals surface area contributed by atoms with Gasteiger partial charge < -0.3 is 9.32 Å². The van der Waals surface area contributed by atoms with Crippen LogP contribution in [-0.4, -0.2) is 51.9 Å². The van der Waals surface area contributed by atoms with Crippen molar-refractivity contribution in [2.75, 3.05) is 20.1 Å². The monoisotopic (exact) mass is 486 g/mol. The number of aromatic nitrogens is 2. The minimum atomic E-state index is -0.225. The first-order chi connectivity index (χ1) is 17.5. The Hall–Kier alpha value is -3.58. The molecule has 7 heteroatoms. The summed E-state index contributed by atoms with van der Waals surface area (Å²) in [6, 6.07) is 14.6. The second-order valence-corrected chi connectivity index (χ2v) is 9.62. The SMILES string of the molecule is Cc1occc1C(=O)N(C)[C@H](Cc1ccccc1F)C1CCN(Cc2cccc3nccnc23)CC1. The van der Waals surface area contributed by atoms with E-state index in [0.29, 0.717) is 23.3 Å². The predicted octanol–water partition coefficient (Wildman–Crippen LogP) is 5.27. The van der Waals surface area contributed by atoms with Crippen LogP contribution in [0.5, 0.6) is 0 Å². The van der Waals surface area contributed by atoms with E-state index in [2.05, 4.69) is 20.9 Å². The Morgan fingerprint density at radius 1 is 1.08 bits per heavy atom. The molecule has 4 aromatic rings. The van der Waals surface area contributed by atoms with Crippen LogP contribution in [0, 0.1) is 18.7 Å². The average molecular weight is 487 g/mol. The third-order valence-electron chi connectivity index (χ3n) is 7.45. The van der Waals surface area contributed by atoms with Gasteiger partial charge in [0, 0.05) is 32.0 Å². The number of carbonyl (C=O) groups is 1. The number of furan rings is 1. The number of amides is 1. The number of likely N-dealkylation sites (tertiary alicyclic amines) is 1. The highest BCUT2D eigenvalue weighted by molar-refractivity contribution is 5.95. The van der Waals surface area contributed by atoms with E-state index in [4.69, 9.17) is 4.42 Å². The number of para-hydroxylation sites is 1. The molecule has 1 atom stereocenters. The first kappa shape index (κ1) is 24.1. The number of hydrogen-bond acceptors (Lipinski definition) is 5. The van der Waals surface area contributed by atoms with E-state index >= 15 is 0 Å². The summed E-state index contributed by atoms with van der Waals surface area (Å²) in [4.78, 5) is 26.6. The molecule has 0 N–H and O–H groups in total. The molecule has 0 bridgehead atoms. The number of rotatable bonds is 7. The van der Waals surface area contributed by atoms with E-state index in [1.54, 1.807) is 42.6 Å². The van der Waals surface area contributed by atoms with Crippen molar-refractivity contribution in [3.8, 4) is 0 Å². The highest BCUT2D eigenvalue weighted by Crippen LogP contribution is 2.29. The molecule has 1 saturated heterocycles. The summed E-state index contributed by atoms with van der Waals surface area (Å²) in [5.41, 5.74) is 4.22. The van der Waals surface area contributed by atoms with Crippen molar-refractivity contribution >= 4 is 16.9 Å². The Bertz CT molecular complexity index is 1340. The van der Waals surface area contributed by atoms with Gasteiger partial charge in [-0.2, -0.15) is 0 Å². The number of nitrogens with zero attached hydrogens (tertiary/aromatic N) is 4. The van der Waals surface area contributed by atoms with Crippen LogP contribution in [0.4, 0.5) is 4.39 Å². The molecule has 1 fully saturated rings. The summed E-state index contributed by atoms with van der Waals surface area (Å²) in [7, 11) is 1.83. The van der Waals surface area contributed by atoms with E-state index in [-0.39, 0.29) is 23.7 Å². The molecule has 5 rings (SSSR count). The summed E-state index contributed by atoms with van der Waals surface area (Å²) in [5, 5.41) is 0. The molecule has 3 heterocycles. The molecular formula is C29H31FN4O2. The van der Waals surface area contributed by atoms with Crippen molar-refractivity contribution in [2.24, 2.45) is 5.92 Å². The fourth-order valence-electron chi connectivity index (χ4n) is 5.37. The molecule has 1 amide bonds. The van der Waals surface area contributed by atoms with Crippen molar-refractivity contribution < 1.29 is 13.6 Å². The molecule has 0 spiro atoms. The van der Waals surface area contributed by atoms with Crippen LogP contribution in [0.2, 0.25) is 0 Å². The molecule has 186 valence electrons. The first-order valence-corrected chi connectivity index (χ1v) is 12.5. The number of fused-ring (bicyclic) bond motifs is 1. The van der Waals surface area contributed by atoms with Gasteiger partial charge in [-0.3, -0.25) is 19.7 Å². The quantitative estimate of drug-likeness (QED) is 0.356. The lowest BCUT2D eigenvalue weighted by Gasteiger charge is -2.40. The second-order valence-electron chi connectivity index (χ2n) is 9.62. The summed E-state index contributed by atoms with van der Waals surface area (Å²) in [5.74, 6) is 0.551. The summed E-state index contributed by atoms with van der Waals surface area (Å²) < 4.78 is 20.0. The van der Waals surface area contributed by atoms with Gasteiger partial charge in [0.25, 0.3) is 5.91 Å². The Labute approximate surface area is 210 Å². The third kappa shape index (κ3) is 5.02. The van der Waals surface area contributed by atoms with Gasteiger partial charge in [-0.05, 0) is 74.5 Å². The molecule has 1 aliphatic rings.